The zero-order valence-corrected chi connectivity index (χ0v) is 16.8. The van der Waals surface area contributed by atoms with Crippen molar-refractivity contribution in [3.63, 3.8) is 0 Å². The smallest absolute Gasteiger partial charge is 0.348 e. The van der Waals surface area contributed by atoms with E-state index in [1.165, 1.54) is 24.1 Å². The van der Waals surface area contributed by atoms with Crippen LogP contribution in [-0.4, -0.2) is 27.1 Å². The van der Waals surface area contributed by atoms with Gasteiger partial charge in [-0.25, -0.2) is 14.8 Å². The van der Waals surface area contributed by atoms with E-state index >= 15 is 0 Å². The van der Waals surface area contributed by atoms with Crippen LogP contribution in [0.1, 0.15) is 52.9 Å². The molecule has 0 saturated heterocycles. The number of rotatable bonds is 4. The van der Waals surface area contributed by atoms with Gasteiger partial charge >= 0.3 is 5.97 Å². The Bertz CT molecular complexity index is 1030. The molecular formula is C21H23N3O3S. The van der Waals surface area contributed by atoms with Crippen molar-refractivity contribution in [2.75, 3.05) is 5.32 Å². The molecule has 2 N–H and O–H groups in total. The molecule has 0 amide bonds. The summed E-state index contributed by atoms with van der Waals surface area (Å²) in [5, 5.41) is 13.8. The fourth-order valence-corrected chi connectivity index (χ4v) is 4.70. The number of fused-ring (bicyclic) bond motifs is 1. The number of hydrogen-bond acceptors (Lipinski definition) is 7. The number of thiophene rings is 1. The lowest BCUT2D eigenvalue weighted by atomic mass is 9.98. The summed E-state index contributed by atoms with van der Waals surface area (Å²) < 4.78 is 5.75. The Balaban J connectivity index is 1.65. The predicted octanol–water partition coefficient (Wildman–Crippen LogP) is 5.25. The highest BCUT2D eigenvalue weighted by Gasteiger charge is 2.24. The third-order valence-electron chi connectivity index (χ3n) is 5.20. The van der Waals surface area contributed by atoms with Crippen molar-refractivity contribution in [3.05, 3.63) is 40.5 Å². The Morgan fingerprint density at radius 2 is 2.00 bits per heavy atom. The van der Waals surface area contributed by atoms with Crippen molar-refractivity contribution in [1.29, 1.82) is 0 Å². The van der Waals surface area contributed by atoms with E-state index < -0.39 is 0 Å². The number of aryl methyl sites for hydroxylation is 2. The molecule has 0 aliphatic heterocycles. The van der Waals surface area contributed by atoms with E-state index in [9.17, 15) is 9.90 Å². The number of anilines is 2. The fourth-order valence-electron chi connectivity index (χ4n) is 3.66. The van der Waals surface area contributed by atoms with Gasteiger partial charge in [-0.3, -0.25) is 0 Å². The van der Waals surface area contributed by atoms with Crippen LogP contribution in [0.25, 0.3) is 10.2 Å². The summed E-state index contributed by atoms with van der Waals surface area (Å²) in [6.45, 7) is 3.82. The van der Waals surface area contributed by atoms with Gasteiger partial charge in [0.15, 0.2) is 0 Å². The van der Waals surface area contributed by atoms with E-state index in [4.69, 9.17) is 4.74 Å². The molecule has 0 unspecified atom stereocenters. The molecule has 0 spiro atoms. The van der Waals surface area contributed by atoms with Crippen molar-refractivity contribution < 1.29 is 14.6 Å². The summed E-state index contributed by atoms with van der Waals surface area (Å²) in [6, 6.07) is 5.12. The van der Waals surface area contributed by atoms with Gasteiger partial charge in [0.05, 0.1) is 5.39 Å². The molecule has 4 rings (SSSR count). The van der Waals surface area contributed by atoms with Gasteiger partial charge in [0.1, 0.15) is 33.7 Å². The van der Waals surface area contributed by atoms with Crippen molar-refractivity contribution in [2.45, 2.75) is 52.1 Å². The topological polar surface area (TPSA) is 84.3 Å². The average Bonchev–Trinajstić information content (AvgIpc) is 3.03. The SMILES string of the molecule is Cc1cc(O)ccc1Nc1ncnc2sc(C(=O)OC3CCCCC3)c(C)c12. The van der Waals surface area contributed by atoms with E-state index in [2.05, 4.69) is 15.3 Å². The number of phenols is 1. The minimum Gasteiger partial charge on any atom is -0.508 e. The molecule has 0 bridgehead atoms. The number of nitrogens with one attached hydrogen (secondary N) is 1. The molecule has 146 valence electrons. The standard InChI is InChI=1S/C21H23N3O3S/c1-12-10-14(25)8-9-16(12)24-19-17-13(2)18(28-20(17)23-11-22-19)21(26)27-15-6-4-3-5-7-15/h8-11,15,25H,3-7H2,1-2H3,(H,22,23,24). The number of ether oxygens (including phenoxy) is 1. The van der Waals surface area contributed by atoms with Gasteiger partial charge in [0.25, 0.3) is 0 Å². The van der Waals surface area contributed by atoms with E-state index in [1.807, 2.05) is 13.8 Å². The molecule has 1 saturated carbocycles. The normalized spacial score (nSPS) is 14.9. The number of esters is 1. The highest BCUT2D eigenvalue weighted by atomic mass is 32.1. The molecule has 1 aromatic carbocycles. The minimum atomic E-state index is -0.265. The Hall–Kier alpha value is -2.67. The van der Waals surface area contributed by atoms with E-state index in [0.717, 1.165) is 52.7 Å². The minimum absolute atomic E-state index is 0.0224. The summed E-state index contributed by atoms with van der Waals surface area (Å²) in [6.07, 6.45) is 6.87. The lowest BCUT2D eigenvalue weighted by molar-refractivity contribution is 0.0216. The summed E-state index contributed by atoms with van der Waals surface area (Å²) in [4.78, 5) is 22.8. The number of carbonyl (C=O) groups excluding carboxylic acids is 1. The van der Waals surface area contributed by atoms with Crippen LogP contribution in [0.15, 0.2) is 24.5 Å². The first-order chi connectivity index (χ1) is 13.5. The van der Waals surface area contributed by atoms with Crippen LogP contribution in [-0.2, 0) is 4.74 Å². The van der Waals surface area contributed by atoms with Crippen LogP contribution in [0.5, 0.6) is 5.75 Å². The largest absolute Gasteiger partial charge is 0.508 e. The zero-order chi connectivity index (χ0) is 19.7. The number of aromatic hydroxyl groups is 1. The Labute approximate surface area is 167 Å². The zero-order valence-electron chi connectivity index (χ0n) is 16.0. The van der Waals surface area contributed by atoms with Crippen molar-refractivity contribution in [1.82, 2.24) is 9.97 Å². The van der Waals surface area contributed by atoms with Crippen molar-refractivity contribution in [2.24, 2.45) is 0 Å². The molecule has 1 aliphatic rings. The molecule has 0 radical (unpaired) electrons. The molecule has 2 aromatic heterocycles. The number of hydrogen-bond donors (Lipinski definition) is 2. The first-order valence-electron chi connectivity index (χ1n) is 9.54. The molecule has 1 fully saturated rings. The van der Waals surface area contributed by atoms with Gasteiger partial charge < -0.3 is 15.2 Å². The average molecular weight is 398 g/mol. The predicted molar refractivity (Wildman–Crippen MR) is 111 cm³/mol. The maximum atomic E-state index is 12.8. The number of carbonyl (C=O) groups is 1. The second-order valence-electron chi connectivity index (χ2n) is 7.25. The summed E-state index contributed by atoms with van der Waals surface area (Å²) in [5.74, 6) is 0.596. The second kappa shape index (κ2) is 7.75. The van der Waals surface area contributed by atoms with E-state index in [-0.39, 0.29) is 17.8 Å². The lowest BCUT2D eigenvalue weighted by Gasteiger charge is -2.21. The molecule has 3 aromatic rings. The monoisotopic (exact) mass is 397 g/mol. The van der Waals surface area contributed by atoms with Crippen LogP contribution < -0.4 is 5.32 Å². The van der Waals surface area contributed by atoms with Gasteiger partial charge in [0.2, 0.25) is 0 Å². The molecule has 28 heavy (non-hydrogen) atoms. The van der Waals surface area contributed by atoms with Crippen molar-refractivity contribution in [3.8, 4) is 5.75 Å². The molecule has 1 aliphatic carbocycles. The number of aromatic nitrogens is 2. The molecule has 6 nitrogen and oxygen atoms in total. The molecule has 7 heteroatoms. The van der Waals surface area contributed by atoms with Gasteiger partial charge in [-0.2, -0.15) is 0 Å². The van der Waals surface area contributed by atoms with E-state index in [0.29, 0.717) is 10.7 Å². The van der Waals surface area contributed by atoms with E-state index in [1.54, 1.807) is 18.2 Å². The van der Waals surface area contributed by atoms with Crippen LogP contribution >= 0.6 is 11.3 Å². The van der Waals surface area contributed by atoms with Crippen LogP contribution in [0.2, 0.25) is 0 Å². The lowest BCUT2D eigenvalue weighted by Crippen LogP contribution is -2.20. The Kier molecular flexibility index (Phi) is 5.17. The first-order valence-corrected chi connectivity index (χ1v) is 10.4. The number of benzene rings is 1. The van der Waals surface area contributed by atoms with Gasteiger partial charge in [-0.1, -0.05) is 6.42 Å². The van der Waals surface area contributed by atoms with Gasteiger partial charge in [-0.15, -0.1) is 11.3 Å². The summed E-state index contributed by atoms with van der Waals surface area (Å²) >= 11 is 1.35. The third kappa shape index (κ3) is 3.67. The maximum Gasteiger partial charge on any atom is 0.348 e. The molecule has 0 atom stereocenters. The second-order valence-corrected chi connectivity index (χ2v) is 8.25. The van der Waals surface area contributed by atoms with Crippen molar-refractivity contribution >= 4 is 39.0 Å². The number of nitrogens with zero attached hydrogens (tertiary/aromatic N) is 2. The highest BCUT2D eigenvalue weighted by molar-refractivity contribution is 7.20. The highest BCUT2D eigenvalue weighted by Crippen LogP contribution is 2.36. The quantitative estimate of drug-likeness (QED) is 0.462. The van der Waals surface area contributed by atoms with Crippen LogP contribution in [0, 0.1) is 13.8 Å². The maximum absolute atomic E-state index is 12.8. The fraction of sp³-hybridized carbons (Fsp3) is 0.381. The van der Waals surface area contributed by atoms with Crippen LogP contribution in [0.3, 0.4) is 0 Å². The van der Waals surface area contributed by atoms with Crippen LogP contribution in [0.4, 0.5) is 11.5 Å². The summed E-state index contributed by atoms with van der Waals surface area (Å²) in [5.41, 5.74) is 2.58. The third-order valence-corrected chi connectivity index (χ3v) is 6.38. The molecule has 2 heterocycles. The molecular weight excluding hydrogens is 374 g/mol. The van der Waals surface area contributed by atoms with Gasteiger partial charge in [-0.05, 0) is 68.9 Å². The number of phenolic OH excluding ortho intramolecular Hbond substituents is 1. The van der Waals surface area contributed by atoms with Gasteiger partial charge in [0, 0.05) is 5.69 Å². The Morgan fingerprint density at radius 3 is 2.75 bits per heavy atom. The summed E-state index contributed by atoms with van der Waals surface area (Å²) in [7, 11) is 0. The first kappa shape index (κ1) is 18.7. The Morgan fingerprint density at radius 1 is 1.21 bits per heavy atom.